The van der Waals surface area contributed by atoms with Crippen LogP contribution in [0, 0.1) is 6.92 Å². The number of hydrogen-bond acceptors (Lipinski definition) is 3. The number of alkyl halides is 1. The van der Waals surface area contributed by atoms with Crippen LogP contribution in [0.3, 0.4) is 0 Å². The van der Waals surface area contributed by atoms with E-state index in [1.807, 2.05) is 37.3 Å². The highest BCUT2D eigenvalue weighted by atomic mass is 79.9. The average molecular weight is 373 g/mol. The Hall–Kier alpha value is -1.46. The quantitative estimate of drug-likeness (QED) is 0.418. The molecule has 4 rings (SSSR count). The molecule has 4 atom stereocenters. The zero-order chi connectivity index (χ0) is 16.3. The van der Waals surface area contributed by atoms with Gasteiger partial charge in [0.2, 0.25) is 0 Å². The number of halogens is 1. The number of rotatable bonds is 0. The molecule has 0 spiro atoms. The van der Waals surface area contributed by atoms with E-state index in [2.05, 4.69) is 28.1 Å². The summed E-state index contributed by atoms with van der Waals surface area (Å²) >= 11 is 3.32. The molecule has 3 nitrogen and oxygen atoms in total. The van der Waals surface area contributed by atoms with Crippen molar-refractivity contribution >= 4 is 37.5 Å². The molecule has 3 aromatic carbocycles. The summed E-state index contributed by atoms with van der Waals surface area (Å²) in [6.07, 6.45) is -2.91. The van der Waals surface area contributed by atoms with E-state index in [1.54, 1.807) is 0 Å². The van der Waals surface area contributed by atoms with Gasteiger partial charge in [0.05, 0.1) is 17.0 Å². The van der Waals surface area contributed by atoms with Crippen molar-refractivity contribution < 1.29 is 15.3 Å². The Kier molecular flexibility index (Phi) is 3.46. The summed E-state index contributed by atoms with van der Waals surface area (Å²) < 4.78 is 0. The third-order valence-corrected chi connectivity index (χ3v) is 5.90. The van der Waals surface area contributed by atoms with Gasteiger partial charge in [0.15, 0.2) is 0 Å². The van der Waals surface area contributed by atoms with Gasteiger partial charge in [-0.1, -0.05) is 58.4 Å². The summed E-state index contributed by atoms with van der Waals surface area (Å²) in [4.78, 5) is -0.595. The smallest absolute Gasteiger partial charge is 0.106 e. The van der Waals surface area contributed by atoms with Gasteiger partial charge in [-0.15, -0.1) is 0 Å². The maximum Gasteiger partial charge on any atom is 0.106 e. The summed E-state index contributed by atoms with van der Waals surface area (Å²) in [5.74, 6) is 0. The van der Waals surface area contributed by atoms with Gasteiger partial charge in [0.25, 0.3) is 0 Å². The Balaban J connectivity index is 2.16. The SMILES string of the molecule is Cc1cc2c(c3ccc4ccccc4c13)[C@H](O)[C@@H](Br)[C@@H](O)[C@@H]2O. The van der Waals surface area contributed by atoms with Gasteiger partial charge < -0.3 is 15.3 Å². The summed E-state index contributed by atoms with van der Waals surface area (Å²) in [7, 11) is 0. The molecule has 0 amide bonds. The van der Waals surface area contributed by atoms with Gasteiger partial charge in [-0.2, -0.15) is 0 Å². The zero-order valence-electron chi connectivity index (χ0n) is 12.6. The van der Waals surface area contributed by atoms with Crippen molar-refractivity contribution in [2.24, 2.45) is 0 Å². The number of hydrogen-bond donors (Lipinski definition) is 3. The predicted molar refractivity (Wildman–Crippen MR) is 94.8 cm³/mol. The normalized spacial score (nSPS) is 27.3. The molecular formula is C19H17BrO3. The van der Waals surface area contributed by atoms with Gasteiger partial charge in [0, 0.05) is 0 Å². The van der Waals surface area contributed by atoms with E-state index in [9.17, 15) is 15.3 Å². The van der Waals surface area contributed by atoms with E-state index < -0.39 is 23.1 Å². The van der Waals surface area contributed by atoms with Crippen LogP contribution in [-0.2, 0) is 0 Å². The number of aryl methyl sites for hydroxylation is 1. The molecule has 0 fully saturated rings. The van der Waals surface area contributed by atoms with E-state index in [0.29, 0.717) is 11.1 Å². The highest BCUT2D eigenvalue weighted by Gasteiger charge is 2.40. The molecule has 3 aromatic rings. The van der Waals surface area contributed by atoms with Crippen molar-refractivity contribution in [2.45, 2.75) is 30.1 Å². The van der Waals surface area contributed by atoms with Crippen LogP contribution in [0.4, 0.5) is 0 Å². The van der Waals surface area contributed by atoms with Crippen LogP contribution < -0.4 is 0 Å². The third-order valence-electron chi connectivity index (χ3n) is 4.86. The second kappa shape index (κ2) is 5.28. The molecule has 4 heteroatoms. The fourth-order valence-electron chi connectivity index (χ4n) is 3.74. The highest BCUT2D eigenvalue weighted by molar-refractivity contribution is 9.09. The summed E-state index contributed by atoms with van der Waals surface area (Å²) in [6, 6.07) is 14.1. The second-order valence-electron chi connectivity index (χ2n) is 6.23. The molecule has 3 N–H and O–H groups in total. The van der Waals surface area contributed by atoms with Gasteiger partial charge in [-0.25, -0.2) is 0 Å². The molecule has 0 saturated carbocycles. The minimum absolute atomic E-state index is 0.595. The molecule has 0 aromatic heterocycles. The van der Waals surface area contributed by atoms with Gasteiger partial charge in [0.1, 0.15) is 6.10 Å². The van der Waals surface area contributed by atoms with Crippen molar-refractivity contribution in [2.75, 3.05) is 0 Å². The first-order valence-corrected chi connectivity index (χ1v) is 8.55. The van der Waals surface area contributed by atoms with E-state index in [0.717, 1.165) is 27.1 Å². The lowest BCUT2D eigenvalue weighted by Gasteiger charge is -2.36. The minimum atomic E-state index is -1.03. The van der Waals surface area contributed by atoms with Crippen LogP contribution in [-0.4, -0.2) is 26.3 Å². The molecule has 1 aliphatic rings. The monoisotopic (exact) mass is 372 g/mol. The molecule has 0 bridgehead atoms. The Bertz CT molecular complexity index is 921. The Morgan fingerprint density at radius 1 is 0.913 bits per heavy atom. The first kappa shape index (κ1) is 15.1. The summed E-state index contributed by atoms with van der Waals surface area (Å²) in [5.41, 5.74) is 2.35. The van der Waals surface area contributed by atoms with Crippen molar-refractivity contribution in [3.05, 3.63) is 59.2 Å². The lowest BCUT2D eigenvalue weighted by atomic mass is 9.80. The van der Waals surface area contributed by atoms with Crippen molar-refractivity contribution in [3.63, 3.8) is 0 Å². The van der Waals surface area contributed by atoms with Crippen LogP contribution in [0.15, 0.2) is 42.5 Å². The van der Waals surface area contributed by atoms with Crippen molar-refractivity contribution in [3.8, 4) is 0 Å². The molecule has 0 aliphatic heterocycles. The maximum atomic E-state index is 10.7. The van der Waals surface area contributed by atoms with Crippen LogP contribution in [0.1, 0.15) is 28.9 Å². The zero-order valence-corrected chi connectivity index (χ0v) is 14.2. The lowest BCUT2D eigenvalue weighted by Crippen LogP contribution is -2.38. The predicted octanol–water partition coefficient (Wildman–Crippen LogP) is 3.51. The van der Waals surface area contributed by atoms with Gasteiger partial charge in [-0.05, 0) is 45.2 Å². The number of benzene rings is 3. The van der Waals surface area contributed by atoms with Crippen molar-refractivity contribution in [1.29, 1.82) is 0 Å². The molecule has 1 aliphatic carbocycles. The van der Waals surface area contributed by atoms with E-state index in [4.69, 9.17) is 0 Å². The second-order valence-corrected chi connectivity index (χ2v) is 7.29. The number of aliphatic hydroxyl groups excluding tert-OH is 3. The first-order chi connectivity index (χ1) is 11.0. The number of aliphatic hydroxyl groups is 3. The Morgan fingerprint density at radius 2 is 1.65 bits per heavy atom. The fraction of sp³-hybridized carbons (Fsp3) is 0.263. The maximum absolute atomic E-state index is 10.7. The average Bonchev–Trinajstić information content (AvgIpc) is 2.57. The third kappa shape index (κ3) is 2.06. The molecule has 0 radical (unpaired) electrons. The fourth-order valence-corrected chi connectivity index (χ4v) is 4.29. The van der Waals surface area contributed by atoms with E-state index >= 15 is 0 Å². The van der Waals surface area contributed by atoms with Crippen LogP contribution in [0.2, 0.25) is 0 Å². The van der Waals surface area contributed by atoms with Gasteiger partial charge in [-0.3, -0.25) is 0 Å². The largest absolute Gasteiger partial charge is 0.389 e. The van der Waals surface area contributed by atoms with Gasteiger partial charge >= 0.3 is 0 Å². The topological polar surface area (TPSA) is 60.7 Å². The molecule has 118 valence electrons. The summed E-state index contributed by atoms with van der Waals surface area (Å²) in [6.45, 7) is 2.00. The highest BCUT2D eigenvalue weighted by Crippen LogP contribution is 2.45. The standard InChI is InChI=1S/C19H17BrO3/c1-9-8-13-15(18(22)16(20)19(23)17(13)21)12-7-6-10-4-2-3-5-11(10)14(9)12/h2-8,16-19,21-23H,1H3/t16-,17-,18+,19-/m1/s1. The first-order valence-electron chi connectivity index (χ1n) is 7.64. The van der Waals surface area contributed by atoms with Crippen molar-refractivity contribution in [1.82, 2.24) is 0 Å². The molecule has 0 heterocycles. The van der Waals surface area contributed by atoms with Crippen LogP contribution in [0.5, 0.6) is 0 Å². The number of fused-ring (bicyclic) bond motifs is 5. The minimum Gasteiger partial charge on any atom is -0.389 e. The Labute approximate surface area is 142 Å². The van der Waals surface area contributed by atoms with E-state index in [-0.39, 0.29) is 0 Å². The Morgan fingerprint density at radius 3 is 2.43 bits per heavy atom. The molecule has 0 saturated heterocycles. The lowest BCUT2D eigenvalue weighted by molar-refractivity contribution is -0.0205. The summed E-state index contributed by atoms with van der Waals surface area (Å²) in [5, 5.41) is 35.5. The molecular weight excluding hydrogens is 356 g/mol. The molecule has 0 unspecified atom stereocenters. The van der Waals surface area contributed by atoms with E-state index in [1.165, 1.54) is 0 Å². The van der Waals surface area contributed by atoms with Crippen LogP contribution >= 0.6 is 15.9 Å². The van der Waals surface area contributed by atoms with Crippen LogP contribution in [0.25, 0.3) is 21.5 Å². The molecule has 23 heavy (non-hydrogen) atoms.